The predicted octanol–water partition coefficient (Wildman–Crippen LogP) is 2.40. The molecule has 0 fully saturated rings. The maximum atomic E-state index is 13.3. The van der Waals surface area contributed by atoms with Gasteiger partial charge in [0.15, 0.2) is 17.5 Å². The molecule has 0 unspecified atom stereocenters. The van der Waals surface area contributed by atoms with E-state index in [-0.39, 0.29) is 0 Å². The Bertz CT molecular complexity index is 353. The Morgan fingerprint density at radius 1 is 1.13 bits per heavy atom. The van der Waals surface area contributed by atoms with Crippen molar-refractivity contribution in [3.05, 3.63) is 33.6 Å². The number of methoxy groups -OCH3 is 1. The van der Waals surface area contributed by atoms with E-state index in [9.17, 15) is 13.2 Å². The van der Waals surface area contributed by atoms with Crippen molar-refractivity contribution in [3.8, 4) is 0 Å². The zero-order valence-corrected chi connectivity index (χ0v) is 8.54. The van der Waals surface area contributed by atoms with E-state index in [4.69, 9.17) is 16.7 Å². The Morgan fingerprint density at radius 3 is 2.13 bits per heavy atom. The number of rotatable bonds is 3. The van der Waals surface area contributed by atoms with Crippen LogP contribution in [0.3, 0.4) is 0 Å². The van der Waals surface area contributed by atoms with Crippen LogP contribution in [0, 0.1) is 17.5 Å². The Labute approximate surface area is 89.2 Å². The van der Waals surface area contributed by atoms with Gasteiger partial charge >= 0.3 is 0 Å². The van der Waals surface area contributed by atoms with Crippen LogP contribution >= 0.6 is 11.6 Å². The third kappa shape index (κ3) is 2.09. The molecule has 0 radical (unpaired) electrons. The number of halogens is 4. The highest BCUT2D eigenvalue weighted by Crippen LogP contribution is 2.29. The van der Waals surface area contributed by atoms with E-state index < -0.39 is 46.8 Å². The topological polar surface area (TPSA) is 29.5 Å². The fourth-order valence-corrected chi connectivity index (χ4v) is 1.39. The molecule has 0 aliphatic carbocycles. The van der Waals surface area contributed by atoms with E-state index in [2.05, 4.69) is 4.74 Å². The summed E-state index contributed by atoms with van der Waals surface area (Å²) < 4.78 is 44.2. The molecule has 1 aromatic carbocycles. The summed E-state index contributed by atoms with van der Waals surface area (Å²) in [6, 6.07) is 0. The van der Waals surface area contributed by atoms with Crippen molar-refractivity contribution in [1.29, 1.82) is 0 Å². The average Bonchev–Trinajstić information content (AvgIpc) is 2.23. The van der Waals surface area contributed by atoms with Crippen LogP contribution in [0.4, 0.5) is 13.2 Å². The van der Waals surface area contributed by atoms with E-state index in [0.717, 1.165) is 0 Å². The Kier molecular flexibility index (Phi) is 3.96. The molecular weight excluding hydrogens is 233 g/mol. The van der Waals surface area contributed by atoms with Crippen molar-refractivity contribution >= 4 is 11.6 Å². The lowest BCUT2D eigenvalue weighted by Gasteiger charge is -2.10. The van der Waals surface area contributed by atoms with Gasteiger partial charge in [-0.05, 0) is 0 Å². The molecular formula is C9H8ClF3O2. The normalized spacial score (nSPS) is 10.8. The Hall–Kier alpha value is -0.780. The molecule has 1 rings (SSSR count). The van der Waals surface area contributed by atoms with Crippen molar-refractivity contribution < 1.29 is 23.0 Å². The highest BCUT2D eigenvalue weighted by molar-refractivity contribution is 6.31. The molecule has 0 aliphatic rings. The van der Waals surface area contributed by atoms with Crippen LogP contribution in [0.15, 0.2) is 0 Å². The van der Waals surface area contributed by atoms with E-state index in [1.54, 1.807) is 0 Å². The molecule has 0 saturated heterocycles. The number of hydrogen-bond acceptors (Lipinski definition) is 2. The van der Waals surface area contributed by atoms with E-state index in [1.807, 2.05) is 0 Å². The van der Waals surface area contributed by atoms with E-state index in [1.165, 1.54) is 7.11 Å². The van der Waals surface area contributed by atoms with Crippen LogP contribution in [0.5, 0.6) is 0 Å². The minimum absolute atomic E-state index is 0.431. The smallest absolute Gasteiger partial charge is 0.167 e. The quantitative estimate of drug-likeness (QED) is 0.822. The molecule has 2 nitrogen and oxygen atoms in total. The summed E-state index contributed by atoms with van der Waals surface area (Å²) in [5.41, 5.74) is -1.18. The zero-order valence-electron chi connectivity index (χ0n) is 7.78. The van der Waals surface area contributed by atoms with Gasteiger partial charge in [-0.3, -0.25) is 0 Å². The van der Waals surface area contributed by atoms with Crippen molar-refractivity contribution in [1.82, 2.24) is 0 Å². The van der Waals surface area contributed by atoms with Crippen LogP contribution in [0.25, 0.3) is 0 Å². The number of ether oxygens (including phenoxy) is 1. The summed E-state index contributed by atoms with van der Waals surface area (Å²) >= 11 is 5.41. The van der Waals surface area contributed by atoms with Crippen LogP contribution in [0.2, 0.25) is 5.02 Å². The third-order valence-corrected chi connectivity index (χ3v) is 2.29. The lowest BCUT2D eigenvalue weighted by molar-refractivity contribution is 0.176. The van der Waals surface area contributed by atoms with Gasteiger partial charge in [0.05, 0.1) is 23.8 Å². The number of benzene rings is 1. The second-order valence-corrected chi connectivity index (χ2v) is 3.18. The summed E-state index contributed by atoms with van der Waals surface area (Å²) in [5, 5.41) is 8.06. The van der Waals surface area contributed by atoms with Crippen LogP contribution < -0.4 is 0 Å². The monoisotopic (exact) mass is 240 g/mol. The van der Waals surface area contributed by atoms with Crippen molar-refractivity contribution in [2.24, 2.45) is 0 Å². The van der Waals surface area contributed by atoms with Gasteiger partial charge < -0.3 is 9.84 Å². The maximum Gasteiger partial charge on any atom is 0.167 e. The predicted molar refractivity (Wildman–Crippen MR) is 48.0 cm³/mol. The minimum Gasteiger partial charge on any atom is -0.392 e. The lowest BCUT2D eigenvalue weighted by atomic mass is 10.1. The van der Waals surface area contributed by atoms with E-state index in [0.29, 0.717) is 0 Å². The van der Waals surface area contributed by atoms with Crippen LogP contribution in [0.1, 0.15) is 11.1 Å². The van der Waals surface area contributed by atoms with Crippen LogP contribution in [-0.2, 0) is 18.0 Å². The summed E-state index contributed by atoms with van der Waals surface area (Å²) in [6.07, 6.45) is 0. The first-order chi connectivity index (χ1) is 7.04. The fraction of sp³-hybridized carbons (Fsp3) is 0.333. The largest absolute Gasteiger partial charge is 0.392 e. The Morgan fingerprint density at radius 2 is 1.67 bits per heavy atom. The molecule has 0 amide bonds. The summed E-state index contributed by atoms with van der Waals surface area (Å²) in [6.45, 7) is -1.30. The molecule has 1 N–H and O–H groups in total. The van der Waals surface area contributed by atoms with Gasteiger partial charge in [-0.1, -0.05) is 11.6 Å². The molecule has 6 heteroatoms. The molecule has 1 aromatic rings. The van der Waals surface area contributed by atoms with E-state index >= 15 is 0 Å². The molecule has 0 aliphatic heterocycles. The SMILES string of the molecule is COCc1c(F)c(F)c(CO)c(Cl)c1F. The van der Waals surface area contributed by atoms with Gasteiger partial charge in [-0.2, -0.15) is 0 Å². The highest BCUT2D eigenvalue weighted by atomic mass is 35.5. The second-order valence-electron chi connectivity index (χ2n) is 2.80. The van der Waals surface area contributed by atoms with Crippen molar-refractivity contribution in [2.45, 2.75) is 13.2 Å². The minimum atomic E-state index is -1.39. The van der Waals surface area contributed by atoms with Gasteiger partial charge in [0, 0.05) is 12.7 Å². The molecule has 0 saturated carbocycles. The summed E-state index contributed by atoms with van der Waals surface area (Å²) in [5.74, 6) is -3.85. The molecule has 0 bridgehead atoms. The molecule has 84 valence electrons. The lowest BCUT2D eigenvalue weighted by Crippen LogP contribution is -2.06. The average molecular weight is 241 g/mol. The first-order valence-electron chi connectivity index (χ1n) is 3.98. The zero-order chi connectivity index (χ0) is 11.6. The molecule has 15 heavy (non-hydrogen) atoms. The maximum absolute atomic E-state index is 13.3. The van der Waals surface area contributed by atoms with Gasteiger partial charge in [0.25, 0.3) is 0 Å². The van der Waals surface area contributed by atoms with Gasteiger partial charge in [-0.15, -0.1) is 0 Å². The first-order valence-corrected chi connectivity index (χ1v) is 4.35. The number of aliphatic hydroxyl groups excluding tert-OH is 1. The number of hydrogen-bond donors (Lipinski definition) is 1. The van der Waals surface area contributed by atoms with Gasteiger partial charge in [-0.25, -0.2) is 13.2 Å². The summed E-state index contributed by atoms with van der Waals surface area (Å²) in [4.78, 5) is 0. The second kappa shape index (κ2) is 4.83. The van der Waals surface area contributed by atoms with Gasteiger partial charge in [0.1, 0.15) is 0 Å². The highest BCUT2D eigenvalue weighted by Gasteiger charge is 2.23. The fourth-order valence-electron chi connectivity index (χ4n) is 1.13. The van der Waals surface area contributed by atoms with Crippen LogP contribution in [-0.4, -0.2) is 12.2 Å². The first kappa shape index (κ1) is 12.3. The van der Waals surface area contributed by atoms with Crippen molar-refractivity contribution in [3.63, 3.8) is 0 Å². The standard InChI is InChI=1S/C9H8ClF3O2/c1-15-3-5-7(11)6(10)4(2-14)8(12)9(5)13/h14H,2-3H2,1H3. The molecule has 0 atom stereocenters. The molecule has 0 aromatic heterocycles. The van der Waals surface area contributed by atoms with Gasteiger partial charge in [0.2, 0.25) is 0 Å². The third-order valence-electron chi connectivity index (χ3n) is 1.89. The van der Waals surface area contributed by atoms with Crippen molar-refractivity contribution in [2.75, 3.05) is 7.11 Å². The Balaban J connectivity index is 3.44. The molecule has 0 heterocycles. The molecule has 0 spiro atoms. The number of aliphatic hydroxyl groups is 1. The summed E-state index contributed by atoms with van der Waals surface area (Å²) in [7, 11) is 1.21.